The highest BCUT2D eigenvalue weighted by molar-refractivity contribution is 5.86. The number of rotatable bonds is 4. The normalized spacial score (nSPS) is 22.0. The van der Waals surface area contributed by atoms with Crippen molar-refractivity contribution in [3.63, 3.8) is 0 Å². The van der Waals surface area contributed by atoms with Crippen LogP contribution < -0.4 is 5.32 Å². The zero-order valence-corrected chi connectivity index (χ0v) is 11.9. The molecule has 1 aliphatic heterocycles. The molecule has 2 rings (SSSR count). The van der Waals surface area contributed by atoms with Gasteiger partial charge in [0.2, 0.25) is 5.91 Å². The van der Waals surface area contributed by atoms with Crippen molar-refractivity contribution in [2.45, 2.75) is 38.3 Å². The maximum Gasteiger partial charge on any atom is 0.242 e. The molecular formula is C15H20F2N2O. The monoisotopic (exact) mass is 282 g/mol. The molecule has 1 saturated heterocycles. The summed E-state index contributed by atoms with van der Waals surface area (Å²) in [6.45, 7) is 3.11. The molecule has 1 aliphatic rings. The lowest BCUT2D eigenvalue weighted by molar-refractivity contribution is -0.137. The highest BCUT2D eigenvalue weighted by Gasteiger charge is 2.40. The van der Waals surface area contributed by atoms with Crippen LogP contribution in [0, 0.1) is 11.6 Å². The SMILES string of the molecule is CCC1(C(=O)N(C)Cc2ccc(F)c(F)c2)CCCN1. The molecule has 1 heterocycles. The molecule has 1 N–H and O–H groups in total. The summed E-state index contributed by atoms with van der Waals surface area (Å²) in [5, 5.41) is 3.28. The molecule has 1 fully saturated rings. The summed E-state index contributed by atoms with van der Waals surface area (Å²) < 4.78 is 26.1. The van der Waals surface area contributed by atoms with E-state index < -0.39 is 17.2 Å². The van der Waals surface area contributed by atoms with Crippen molar-refractivity contribution in [2.24, 2.45) is 0 Å². The molecule has 1 atom stereocenters. The Morgan fingerprint density at radius 3 is 2.70 bits per heavy atom. The minimum Gasteiger partial charge on any atom is -0.340 e. The van der Waals surface area contributed by atoms with Gasteiger partial charge in [-0.15, -0.1) is 0 Å². The van der Waals surface area contributed by atoms with Crippen LogP contribution in [0.2, 0.25) is 0 Å². The molecule has 110 valence electrons. The second kappa shape index (κ2) is 5.87. The second-order valence-corrected chi connectivity index (χ2v) is 5.38. The lowest BCUT2D eigenvalue weighted by Crippen LogP contribution is -2.53. The number of benzene rings is 1. The molecule has 0 radical (unpaired) electrons. The van der Waals surface area contributed by atoms with Crippen LogP contribution in [-0.2, 0) is 11.3 Å². The average Bonchev–Trinajstić information content (AvgIpc) is 2.92. The van der Waals surface area contributed by atoms with E-state index in [0.29, 0.717) is 5.56 Å². The molecular weight excluding hydrogens is 262 g/mol. The van der Waals surface area contributed by atoms with Crippen molar-refractivity contribution in [2.75, 3.05) is 13.6 Å². The largest absolute Gasteiger partial charge is 0.340 e. The van der Waals surface area contributed by atoms with Gasteiger partial charge in [0.25, 0.3) is 0 Å². The van der Waals surface area contributed by atoms with Gasteiger partial charge in [0.05, 0.1) is 5.54 Å². The zero-order chi connectivity index (χ0) is 14.8. The predicted octanol–water partition coefficient (Wildman–Crippen LogP) is 2.46. The Kier molecular flexibility index (Phi) is 4.38. The number of nitrogens with zero attached hydrogens (tertiary/aromatic N) is 1. The molecule has 1 amide bonds. The fourth-order valence-electron chi connectivity index (χ4n) is 2.79. The van der Waals surface area contributed by atoms with Crippen LogP contribution in [0.15, 0.2) is 18.2 Å². The molecule has 1 aromatic carbocycles. The maximum absolute atomic E-state index is 13.2. The fraction of sp³-hybridized carbons (Fsp3) is 0.533. The molecule has 1 aromatic rings. The Balaban J connectivity index is 2.09. The smallest absolute Gasteiger partial charge is 0.242 e. The minimum absolute atomic E-state index is 0.0160. The van der Waals surface area contributed by atoms with E-state index in [9.17, 15) is 13.6 Å². The Morgan fingerprint density at radius 1 is 1.40 bits per heavy atom. The average molecular weight is 282 g/mol. The van der Waals surface area contributed by atoms with Gasteiger partial charge in [-0.3, -0.25) is 4.79 Å². The zero-order valence-electron chi connectivity index (χ0n) is 11.9. The Labute approximate surface area is 118 Å². The van der Waals surface area contributed by atoms with Crippen LogP contribution in [0.25, 0.3) is 0 Å². The number of nitrogens with one attached hydrogen (secondary N) is 1. The first-order valence-electron chi connectivity index (χ1n) is 6.93. The summed E-state index contributed by atoms with van der Waals surface area (Å²) in [5.41, 5.74) is 0.0943. The van der Waals surface area contributed by atoms with Crippen LogP contribution >= 0.6 is 0 Å². The topological polar surface area (TPSA) is 32.3 Å². The number of carbonyl (C=O) groups excluding carboxylic acids is 1. The highest BCUT2D eigenvalue weighted by Crippen LogP contribution is 2.25. The maximum atomic E-state index is 13.2. The van der Waals surface area contributed by atoms with Crippen LogP contribution in [0.3, 0.4) is 0 Å². The van der Waals surface area contributed by atoms with Gasteiger partial charge in [-0.05, 0) is 43.5 Å². The second-order valence-electron chi connectivity index (χ2n) is 5.38. The number of carbonyl (C=O) groups is 1. The molecule has 0 bridgehead atoms. The Bertz CT molecular complexity index is 499. The van der Waals surface area contributed by atoms with Gasteiger partial charge >= 0.3 is 0 Å². The number of likely N-dealkylation sites (N-methyl/N-ethyl adjacent to an activating group) is 1. The van der Waals surface area contributed by atoms with Crippen LogP contribution in [-0.4, -0.2) is 29.9 Å². The summed E-state index contributed by atoms with van der Waals surface area (Å²) in [5.74, 6) is -1.74. The molecule has 0 aliphatic carbocycles. The third-order valence-electron chi connectivity index (χ3n) is 4.01. The van der Waals surface area contributed by atoms with Crippen LogP contribution in [0.4, 0.5) is 8.78 Å². The van der Waals surface area contributed by atoms with E-state index in [2.05, 4.69) is 5.32 Å². The molecule has 0 saturated carbocycles. The molecule has 5 heteroatoms. The highest BCUT2D eigenvalue weighted by atomic mass is 19.2. The van der Waals surface area contributed by atoms with Crippen molar-refractivity contribution >= 4 is 5.91 Å². The van der Waals surface area contributed by atoms with Gasteiger partial charge in [0.15, 0.2) is 11.6 Å². The van der Waals surface area contributed by atoms with E-state index in [0.717, 1.165) is 37.9 Å². The van der Waals surface area contributed by atoms with Crippen molar-refractivity contribution < 1.29 is 13.6 Å². The first kappa shape index (κ1) is 14.9. The van der Waals surface area contributed by atoms with Crippen molar-refractivity contribution in [1.29, 1.82) is 0 Å². The summed E-state index contributed by atoms with van der Waals surface area (Å²) in [6, 6.07) is 3.73. The van der Waals surface area contributed by atoms with Gasteiger partial charge in [0.1, 0.15) is 0 Å². The first-order valence-corrected chi connectivity index (χ1v) is 6.93. The van der Waals surface area contributed by atoms with E-state index >= 15 is 0 Å². The molecule has 20 heavy (non-hydrogen) atoms. The predicted molar refractivity (Wildman–Crippen MR) is 73.1 cm³/mol. The summed E-state index contributed by atoms with van der Waals surface area (Å²) in [4.78, 5) is 14.1. The van der Waals surface area contributed by atoms with E-state index in [1.165, 1.54) is 6.07 Å². The van der Waals surface area contributed by atoms with Gasteiger partial charge < -0.3 is 10.2 Å². The standard InChI is InChI=1S/C15H20F2N2O/c1-3-15(7-4-8-18-15)14(20)19(2)10-11-5-6-12(16)13(17)9-11/h5-6,9,18H,3-4,7-8,10H2,1-2H3. The van der Waals surface area contributed by atoms with Crippen molar-refractivity contribution in [1.82, 2.24) is 10.2 Å². The first-order chi connectivity index (χ1) is 9.48. The fourth-order valence-corrected chi connectivity index (χ4v) is 2.79. The lowest BCUT2D eigenvalue weighted by Gasteiger charge is -2.31. The number of amides is 1. The molecule has 0 aromatic heterocycles. The summed E-state index contributed by atoms with van der Waals surface area (Å²) in [6.07, 6.45) is 2.54. The van der Waals surface area contributed by atoms with E-state index in [1.54, 1.807) is 11.9 Å². The third-order valence-corrected chi connectivity index (χ3v) is 4.01. The summed E-state index contributed by atoms with van der Waals surface area (Å²) in [7, 11) is 1.70. The van der Waals surface area contributed by atoms with Gasteiger partial charge in [-0.1, -0.05) is 13.0 Å². The number of hydrogen-bond donors (Lipinski definition) is 1. The van der Waals surface area contributed by atoms with Crippen molar-refractivity contribution in [3.05, 3.63) is 35.4 Å². The van der Waals surface area contributed by atoms with Crippen LogP contribution in [0.1, 0.15) is 31.7 Å². The van der Waals surface area contributed by atoms with E-state index in [4.69, 9.17) is 0 Å². The quantitative estimate of drug-likeness (QED) is 0.920. The molecule has 3 nitrogen and oxygen atoms in total. The number of halogens is 2. The van der Waals surface area contributed by atoms with Crippen LogP contribution in [0.5, 0.6) is 0 Å². The lowest BCUT2D eigenvalue weighted by atomic mass is 9.92. The van der Waals surface area contributed by atoms with Gasteiger partial charge in [-0.25, -0.2) is 8.78 Å². The Morgan fingerprint density at radius 2 is 2.15 bits per heavy atom. The third kappa shape index (κ3) is 2.82. The van der Waals surface area contributed by atoms with E-state index in [-0.39, 0.29) is 12.5 Å². The Hall–Kier alpha value is -1.49. The molecule has 1 unspecified atom stereocenters. The minimum atomic E-state index is -0.882. The number of hydrogen-bond acceptors (Lipinski definition) is 2. The van der Waals surface area contributed by atoms with Crippen molar-refractivity contribution in [3.8, 4) is 0 Å². The van der Waals surface area contributed by atoms with Gasteiger partial charge in [-0.2, -0.15) is 0 Å². The van der Waals surface area contributed by atoms with E-state index in [1.807, 2.05) is 6.92 Å². The van der Waals surface area contributed by atoms with Gasteiger partial charge in [0, 0.05) is 13.6 Å². The molecule has 0 spiro atoms. The summed E-state index contributed by atoms with van der Waals surface area (Å²) >= 11 is 0.